The Morgan fingerprint density at radius 1 is 0.833 bits per heavy atom. The SMILES string of the molecule is Cc1cc(C(C)(C)C)c(O)c(C(C)(C)C)c1.N#N. The maximum Gasteiger partial charge on any atom is 0.123 e. The molecule has 1 rings (SSSR count). The molecule has 0 spiro atoms. The molecule has 0 amide bonds. The molecular weight excluding hydrogens is 224 g/mol. The molecule has 0 bridgehead atoms. The van der Waals surface area contributed by atoms with Gasteiger partial charge in [0.25, 0.3) is 0 Å². The molecule has 0 atom stereocenters. The van der Waals surface area contributed by atoms with Crippen LogP contribution < -0.4 is 0 Å². The quantitative estimate of drug-likeness (QED) is 0.695. The third-order valence-electron chi connectivity index (χ3n) is 2.87. The first-order chi connectivity index (χ1) is 8.03. The number of rotatable bonds is 0. The lowest BCUT2D eigenvalue weighted by molar-refractivity contribution is 0.423. The van der Waals surface area contributed by atoms with E-state index in [1.807, 2.05) is 0 Å². The van der Waals surface area contributed by atoms with Crippen LogP contribution in [-0.4, -0.2) is 5.11 Å². The van der Waals surface area contributed by atoms with Gasteiger partial charge in [0.15, 0.2) is 0 Å². The Kier molecular flexibility index (Phi) is 4.92. The van der Waals surface area contributed by atoms with Crippen LogP contribution in [0.1, 0.15) is 58.2 Å². The number of hydrogen-bond donors (Lipinski definition) is 1. The lowest BCUT2D eigenvalue weighted by Gasteiger charge is -2.27. The maximum absolute atomic E-state index is 10.4. The van der Waals surface area contributed by atoms with Crippen LogP contribution in [0.15, 0.2) is 12.1 Å². The molecule has 18 heavy (non-hydrogen) atoms. The molecule has 1 aromatic carbocycles. The summed E-state index contributed by atoms with van der Waals surface area (Å²) in [6.45, 7) is 14.9. The van der Waals surface area contributed by atoms with E-state index in [0.717, 1.165) is 11.1 Å². The van der Waals surface area contributed by atoms with Crippen LogP contribution in [0, 0.1) is 17.7 Å². The Labute approximate surface area is 110 Å². The number of aryl methyl sites for hydroxylation is 1. The summed E-state index contributed by atoms with van der Waals surface area (Å²) in [6.07, 6.45) is 0. The fraction of sp³-hybridized carbons (Fsp3) is 0.600. The minimum atomic E-state index is -0.0178. The Morgan fingerprint density at radius 3 is 1.33 bits per heavy atom. The van der Waals surface area contributed by atoms with Crippen molar-refractivity contribution in [2.75, 3.05) is 0 Å². The van der Waals surface area contributed by atoms with E-state index >= 15 is 0 Å². The maximum atomic E-state index is 10.4. The predicted octanol–water partition coefficient (Wildman–Crippen LogP) is 4.33. The summed E-state index contributed by atoms with van der Waals surface area (Å²) in [5.74, 6) is 0.464. The molecule has 3 heteroatoms. The predicted molar refractivity (Wildman–Crippen MR) is 73.7 cm³/mol. The van der Waals surface area contributed by atoms with Gasteiger partial charge in [-0.2, -0.15) is 0 Å². The van der Waals surface area contributed by atoms with Gasteiger partial charge in [-0.15, -0.1) is 0 Å². The lowest BCUT2D eigenvalue weighted by atomic mass is 9.78. The minimum absolute atomic E-state index is 0.0178. The van der Waals surface area contributed by atoms with Gasteiger partial charge in [-0.25, -0.2) is 0 Å². The second-order valence-electron chi connectivity index (χ2n) is 6.71. The third kappa shape index (κ3) is 3.73. The van der Waals surface area contributed by atoms with Gasteiger partial charge >= 0.3 is 0 Å². The number of phenolic OH excluding ortho intramolecular Hbond substituents is 1. The van der Waals surface area contributed by atoms with Gasteiger partial charge in [-0.05, 0) is 28.9 Å². The van der Waals surface area contributed by atoms with Gasteiger partial charge in [-0.1, -0.05) is 59.2 Å². The monoisotopic (exact) mass is 248 g/mol. The van der Waals surface area contributed by atoms with Crippen LogP contribution in [0.25, 0.3) is 0 Å². The lowest BCUT2D eigenvalue weighted by Crippen LogP contribution is -2.17. The molecule has 0 saturated heterocycles. The highest BCUT2D eigenvalue weighted by Crippen LogP contribution is 2.39. The van der Waals surface area contributed by atoms with Gasteiger partial charge in [0.1, 0.15) is 5.75 Å². The molecule has 0 aliphatic heterocycles. The molecule has 1 aromatic rings. The number of phenols is 1. The zero-order valence-corrected chi connectivity index (χ0v) is 12.5. The first-order valence-electron chi connectivity index (χ1n) is 6.08. The average molecular weight is 248 g/mol. The van der Waals surface area contributed by atoms with Crippen molar-refractivity contribution < 1.29 is 5.11 Å². The largest absolute Gasteiger partial charge is 0.507 e. The van der Waals surface area contributed by atoms with Crippen LogP contribution in [0.3, 0.4) is 0 Å². The molecule has 0 aliphatic rings. The Hall–Kier alpha value is -1.56. The van der Waals surface area contributed by atoms with Crippen molar-refractivity contribution in [2.24, 2.45) is 0 Å². The summed E-state index contributed by atoms with van der Waals surface area (Å²) < 4.78 is 0. The van der Waals surface area contributed by atoms with Gasteiger partial charge in [0.2, 0.25) is 0 Å². The van der Waals surface area contributed by atoms with Crippen LogP contribution in [0.4, 0.5) is 0 Å². The molecule has 0 radical (unpaired) electrons. The molecule has 100 valence electrons. The normalized spacial score (nSPS) is 11.6. The van der Waals surface area contributed by atoms with Crippen LogP contribution in [0.5, 0.6) is 5.75 Å². The highest BCUT2D eigenvalue weighted by atomic mass is 16.3. The molecule has 1 N–H and O–H groups in total. The van der Waals surface area contributed by atoms with Crippen molar-refractivity contribution in [3.05, 3.63) is 28.8 Å². The number of benzene rings is 1. The molecule has 0 saturated carbocycles. The summed E-state index contributed by atoms with van der Waals surface area (Å²) in [5.41, 5.74) is 3.26. The number of aromatic hydroxyl groups is 1. The minimum Gasteiger partial charge on any atom is -0.507 e. The molecular formula is C15H24N2O. The first kappa shape index (κ1) is 16.4. The first-order valence-corrected chi connectivity index (χ1v) is 6.08. The Balaban J connectivity index is 0.00000137. The van der Waals surface area contributed by atoms with Gasteiger partial charge < -0.3 is 5.11 Å². The Bertz CT molecular complexity index is 399. The molecule has 0 aromatic heterocycles. The van der Waals surface area contributed by atoms with Gasteiger partial charge in [-0.3, -0.25) is 0 Å². The molecule has 0 unspecified atom stereocenters. The molecule has 0 heterocycles. The van der Waals surface area contributed by atoms with E-state index < -0.39 is 0 Å². The van der Waals surface area contributed by atoms with Gasteiger partial charge in [0, 0.05) is 10.8 Å². The summed E-state index contributed by atoms with van der Waals surface area (Å²) in [7, 11) is 0. The Morgan fingerprint density at radius 2 is 1.11 bits per heavy atom. The molecule has 0 aliphatic carbocycles. The van der Waals surface area contributed by atoms with E-state index in [1.54, 1.807) is 0 Å². The van der Waals surface area contributed by atoms with Crippen molar-refractivity contribution in [1.82, 2.24) is 0 Å². The van der Waals surface area contributed by atoms with Crippen molar-refractivity contribution >= 4 is 0 Å². The van der Waals surface area contributed by atoms with E-state index in [4.69, 9.17) is 10.8 Å². The van der Waals surface area contributed by atoms with E-state index in [2.05, 4.69) is 60.6 Å². The topological polar surface area (TPSA) is 67.8 Å². The van der Waals surface area contributed by atoms with Gasteiger partial charge in [0.05, 0.1) is 0 Å². The van der Waals surface area contributed by atoms with E-state index in [9.17, 15) is 5.11 Å². The molecule has 3 nitrogen and oxygen atoms in total. The second kappa shape index (κ2) is 5.39. The zero-order valence-electron chi connectivity index (χ0n) is 12.5. The van der Waals surface area contributed by atoms with Crippen LogP contribution in [-0.2, 0) is 10.8 Å². The van der Waals surface area contributed by atoms with E-state index in [1.165, 1.54) is 5.56 Å². The summed E-state index contributed by atoms with van der Waals surface area (Å²) in [4.78, 5) is 0. The van der Waals surface area contributed by atoms with Crippen molar-refractivity contribution in [3.63, 3.8) is 0 Å². The van der Waals surface area contributed by atoms with Crippen LogP contribution >= 0.6 is 0 Å². The zero-order chi connectivity index (χ0) is 14.7. The van der Waals surface area contributed by atoms with E-state index in [-0.39, 0.29) is 10.8 Å². The van der Waals surface area contributed by atoms with Crippen LogP contribution in [0.2, 0.25) is 0 Å². The standard InChI is InChI=1S/C15H24O.N2/c1-10-8-11(14(2,3)4)13(16)12(9-10)15(5,6)7;1-2/h8-9,16H,1-7H3;. The average Bonchev–Trinajstić information content (AvgIpc) is 2.21. The third-order valence-corrected chi connectivity index (χ3v) is 2.87. The van der Waals surface area contributed by atoms with Crippen molar-refractivity contribution in [1.29, 1.82) is 10.8 Å². The summed E-state index contributed by atoms with van der Waals surface area (Å²) >= 11 is 0. The summed E-state index contributed by atoms with van der Waals surface area (Å²) in [6, 6.07) is 4.18. The number of hydrogen-bond acceptors (Lipinski definition) is 3. The van der Waals surface area contributed by atoms with Crippen molar-refractivity contribution in [2.45, 2.75) is 59.3 Å². The fourth-order valence-corrected chi connectivity index (χ4v) is 1.92. The highest BCUT2D eigenvalue weighted by molar-refractivity contribution is 5.49. The smallest absolute Gasteiger partial charge is 0.123 e. The number of nitrogens with zero attached hydrogens (tertiary/aromatic N) is 2. The van der Waals surface area contributed by atoms with E-state index in [0.29, 0.717) is 5.75 Å². The highest BCUT2D eigenvalue weighted by Gasteiger charge is 2.25. The summed E-state index contributed by atoms with van der Waals surface area (Å²) in [5, 5.41) is 22.4. The fourth-order valence-electron chi connectivity index (χ4n) is 1.92. The van der Waals surface area contributed by atoms with Crippen molar-refractivity contribution in [3.8, 4) is 5.75 Å². The molecule has 0 fully saturated rings. The second-order valence-corrected chi connectivity index (χ2v) is 6.71.